The van der Waals surface area contributed by atoms with Crippen molar-refractivity contribution in [2.45, 2.75) is 33.6 Å². The molecule has 0 aliphatic heterocycles. The van der Waals surface area contributed by atoms with E-state index in [0.29, 0.717) is 38.4 Å². The zero-order chi connectivity index (χ0) is 13.1. The number of hydrogen-bond acceptors (Lipinski definition) is 3. The van der Waals surface area contributed by atoms with Crippen molar-refractivity contribution in [1.29, 1.82) is 0 Å². The molecule has 17 heavy (non-hydrogen) atoms. The molecule has 0 aliphatic carbocycles. The Kier molecular flexibility index (Phi) is 9.43. The maximum absolute atomic E-state index is 11.3. The van der Waals surface area contributed by atoms with Gasteiger partial charge in [0.05, 0.1) is 0 Å². The minimum absolute atomic E-state index is 0.0456. The standard InChI is InChI=1S/C12H25N3O2/c1-4-14-11(16)5-7-13-8-6-12(17)15-9-10(2)3/h10,13H,4-9H2,1-3H3,(H,14,16)(H,15,17). The Balaban J connectivity index is 3.33. The zero-order valence-electron chi connectivity index (χ0n) is 11.1. The predicted molar refractivity (Wildman–Crippen MR) is 68.6 cm³/mol. The molecule has 5 nitrogen and oxygen atoms in total. The molecule has 0 atom stereocenters. The third kappa shape index (κ3) is 11.2. The number of carbonyl (C=O) groups is 2. The van der Waals surface area contributed by atoms with E-state index in [-0.39, 0.29) is 11.8 Å². The van der Waals surface area contributed by atoms with Crippen LogP contribution in [0.15, 0.2) is 0 Å². The Morgan fingerprint density at radius 3 is 2.00 bits per heavy atom. The molecule has 0 aromatic carbocycles. The second-order valence-electron chi connectivity index (χ2n) is 4.40. The summed E-state index contributed by atoms with van der Waals surface area (Å²) in [5.41, 5.74) is 0. The van der Waals surface area contributed by atoms with Crippen LogP contribution in [0, 0.1) is 5.92 Å². The van der Waals surface area contributed by atoms with Gasteiger partial charge >= 0.3 is 0 Å². The monoisotopic (exact) mass is 243 g/mol. The maximum Gasteiger partial charge on any atom is 0.221 e. The summed E-state index contributed by atoms with van der Waals surface area (Å²) >= 11 is 0. The van der Waals surface area contributed by atoms with Gasteiger partial charge in [0.25, 0.3) is 0 Å². The molecule has 0 aromatic heterocycles. The average Bonchev–Trinajstić information content (AvgIpc) is 2.26. The molecule has 0 radical (unpaired) electrons. The first kappa shape index (κ1) is 15.9. The van der Waals surface area contributed by atoms with Crippen LogP contribution in [0.1, 0.15) is 33.6 Å². The Hall–Kier alpha value is -1.10. The summed E-state index contributed by atoms with van der Waals surface area (Å²) in [6.45, 7) is 8.63. The Morgan fingerprint density at radius 1 is 1.00 bits per heavy atom. The molecule has 2 amide bonds. The normalized spacial score (nSPS) is 10.4. The predicted octanol–water partition coefficient (Wildman–Crippen LogP) is 0.265. The van der Waals surface area contributed by atoms with Crippen LogP contribution in [0.25, 0.3) is 0 Å². The van der Waals surface area contributed by atoms with Gasteiger partial charge in [-0.05, 0) is 12.8 Å². The summed E-state index contributed by atoms with van der Waals surface area (Å²) < 4.78 is 0. The van der Waals surface area contributed by atoms with Crippen molar-refractivity contribution < 1.29 is 9.59 Å². The first-order valence-electron chi connectivity index (χ1n) is 6.30. The summed E-state index contributed by atoms with van der Waals surface area (Å²) in [7, 11) is 0. The van der Waals surface area contributed by atoms with Crippen LogP contribution in [0.2, 0.25) is 0 Å². The summed E-state index contributed by atoms with van der Waals surface area (Å²) in [5, 5.41) is 8.64. The van der Waals surface area contributed by atoms with E-state index >= 15 is 0 Å². The van der Waals surface area contributed by atoms with E-state index < -0.39 is 0 Å². The van der Waals surface area contributed by atoms with Crippen LogP contribution < -0.4 is 16.0 Å². The first-order chi connectivity index (χ1) is 8.06. The molecule has 0 aliphatic rings. The summed E-state index contributed by atoms with van der Waals surface area (Å²) in [4.78, 5) is 22.4. The van der Waals surface area contributed by atoms with Gasteiger partial charge in [-0.15, -0.1) is 0 Å². The lowest BCUT2D eigenvalue weighted by molar-refractivity contribution is -0.121. The zero-order valence-corrected chi connectivity index (χ0v) is 11.1. The Labute approximate surface area is 104 Å². The number of carbonyl (C=O) groups excluding carboxylic acids is 2. The molecule has 0 spiro atoms. The SMILES string of the molecule is CCNC(=O)CCNCCC(=O)NCC(C)C. The van der Waals surface area contributed by atoms with Gasteiger partial charge in [0.15, 0.2) is 0 Å². The second kappa shape index (κ2) is 10.1. The van der Waals surface area contributed by atoms with Gasteiger partial charge in [-0.2, -0.15) is 0 Å². The third-order valence-corrected chi connectivity index (χ3v) is 2.14. The van der Waals surface area contributed by atoms with Gasteiger partial charge in [-0.3, -0.25) is 9.59 Å². The fourth-order valence-electron chi connectivity index (χ4n) is 1.22. The van der Waals surface area contributed by atoms with E-state index in [1.54, 1.807) is 0 Å². The molecule has 0 fully saturated rings. The highest BCUT2D eigenvalue weighted by Gasteiger charge is 2.02. The average molecular weight is 243 g/mol. The van der Waals surface area contributed by atoms with Gasteiger partial charge in [-0.1, -0.05) is 13.8 Å². The quantitative estimate of drug-likeness (QED) is 0.509. The van der Waals surface area contributed by atoms with E-state index in [0.717, 1.165) is 6.54 Å². The van der Waals surface area contributed by atoms with Gasteiger partial charge < -0.3 is 16.0 Å². The second-order valence-corrected chi connectivity index (χ2v) is 4.40. The molecular weight excluding hydrogens is 218 g/mol. The van der Waals surface area contributed by atoms with Gasteiger partial charge in [0.2, 0.25) is 11.8 Å². The first-order valence-corrected chi connectivity index (χ1v) is 6.30. The molecule has 0 rings (SSSR count). The minimum Gasteiger partial charge on any atom is -0.356 e. The largest absolute Gasteiger partial charge is 0.356 e. The minimum atomic E-state index is 0.0456. The smallest absolute Gasteiger partial charge is 0.221 e. The van der Waals surface area contributed by atoms with Crippen LogP contribution in [0.4, 0.5) is 0 Å². The van der Waals surface area contributed by atoms with Crippen molar-refractivity contribution in [3.05, 3.63) is 0 Å². The topological polar surface area (TPSA) is 70.2 Å². The molecule has 5 heteroatoms. The molecule has 0 saturated carbocycles. The molecule has 0 aromatic rings. The summed E-state index contributed by atoms with van der Waals surface area (Å²) in [5.74, 6) is 0.582. The van der Waals surface area contributed by atoms with Crippen molar-refractivity contribution in [3.8, 4) is 0 Å². The van der Waals surface area contributed by atoms with E-state index in [1.165, 1.54) is 0 Å². The highest BCUT2D eigenvalue weighted by atomic mass is 16.2. The van der Waals surface area contributed by atoms with Crippen LogP contribution >= 0.6 is 0 Å². The van der Waals surface area contributed by atoms with Crippen molar-refractivity contribution in [2.24, 2.45) is 5.92 Å². The summed E-state index contributed by atoms with van der Waals surface area (Å²) in [6, 6.07) is 0. The number of nitrogens with one attached hydrogen (secondary N) is 3. The molecule has 0 unspecified atom stereocenters. The van der Waals surface area contributed by atoms with Crippen molar-refractivity contribution in [3.63, 3.8) is 0 Å². The third-order valence-electron chi connectivity index (χ3n) is 2.14. The van der Waals surface area contributed by atoms with Crippen molar-refractivity contribution in [2.75, 3.05) is 26.2 Å². The molecule has 100 valence electrons. The van der Waals surface area contributed by atoms with Crippen LogP contribution in [-0.4, -0.2) is 38.0 Å². The van der Waals surface area contributed by atoms with E-state index in [2.05, 4.69) is 29.8 Å². The van der Waals surface area contributed by atoms with Crippen LogP contribution in [0.5, 0.6) is 0 Å². The van der Waals surface area contributed by atoms with Crippen LogP contribution in [0.3, 0.4) is 0 Å². The number of hydrogen-bond donors (Lipinski definition) is 3. The van der Waals surface area contributed by atoms with E-state index in [1.807, 2.05) is 6.92 Å². The maximum atomic E-state index is 11.3. The molecule has 0 heterocycles. The lowest BCUT2D eigenvalue weighted by Gasteiger charge is -2.08. The Morgan fingerprint density at radius 2 is 1.53 bits per heavy atom. The highest BCUT2D eigenvalue weighted by Crippen LogP contribution is 1.88. The lowest BCUT2D eigenvalue weighted by Crippen LogP contribution is -2.32. The van der Waals surface area contributed by atoms with E-state index in [4.69, 9.17) is 0 Å². The number of rotatable bonds is 9. The molecule has 0 bridgehead atoms. The van der Waals surface area contributed by atoms with Gasteiger partial charge in [-0.25, -0.2) is 0 Å². The van der Waals surface area contributed by atoms with Gasteiger partial charge in [0, 0.05) is 39.0 Å². The molecular formula is C12H25N3O2. The number of amides is 2. The van der Waals surface area contributed by atoms with Crippen LogP contribution in [-0.2, 0) is 9.59 Å². The fourth-order valence-corrected chi connectivity index (χ4v) is 1.22. The molecule has 0 saturated heterocycles. The van der Waals surface area contributed by atoms with Gasteiger partial charge in [0.1, 0.15) is 0 Å². The van der Waals surface area contributed by atoms with Crippen molar-refractivity contribution >= 4 is 11.8 Å². The fraction of sp³-hybridized carbons (Fsp3) is 0.833. The summed E-state index contributed by atoms with van der Waals surface area (Å²) in [6.07, 6.45) is 0.920. The molecule has 3 N–H and O–H groups in total. The Bertz CT molecular complexity index is 230. The lowest BCUT2D eigenvalue weighted by atomic mass is 10.2. The van der Waals surface area contributed by atoms with E-state index in [9.17, 15) is 9.59 Å². The highest BCUT2D eigenvalue weighted by molar-refractivity contribution is 5.76. The van der Waals surface area contributed by atoms with Crippen molar-refractivity contribution in [1.82, 2.24) is 16.0 Å².